The molecule has 0 aliphatic carbocycles. The number of benzene rings is 2. The second-order valence-electron chi connectivity index (χ2n) is 7.78. The summed E-state index contributed by atoms with van der Waals surface area (Å²) in [4.78, 5) is 39.1. The van der Waals surface area contributed by atoms with Crippen molar-refractivity contribution in [3.05, 3.63) is 65.5 Å². The number of carbonyl (C=O) groups excluding carboxylic acids is 3. The van der Waals surface area contributed by atoms with Gasteiger partial charge in [-0.1, -0.05) is 24.3 Å². The summed E-state index contributed by atoms with van der Waals surface area (Å²) in [7, 11) is 0. The van der Waals surface area contributed by atoms with Gasteiger partial charge >= 0.3 is 0 Å². The molecule has 0 bridgehead atoms. The van der Waals surface area contributed by atoms with Gasteiger partial charge in [-0.25, -0.2) is 4.39 Å². The van der Waals surface area contributed by atoms with Crippen molar-refractivity contribution in [2.24, 2.45) is 5.92 Å². The Morgan fingerprint density at radius 1 is 1.13 bits per heavy atom. The van der Waals surface area contributed by atoms with Gasteiger partial charge in [0.2, 0.25) is 11.8 Å². The van der Waals surface area contributed by atoms with Gasteiger partial charge in [0.05, 0.1) is 17.2 Å². The maximum absolute atomic E-state index is 13.0. The first kappa shape index (κ1) is 21.5. The number of rotatable bonds is 7. The molecular weight excluding hydrogens is 385 g/mol. The molecule has 1 aliphatic rings. The molecule has 1 saturated heterocycles. The molecule has 2 aromatic carbocycles. The third kappa shape index (κ3) is 5.43. The van der Waals surface area contributed by atoms with E-state index in [4.69, 9.17) is 0 Å². The van der Waals surface area contributed by atoms with Crippen LogP contribution < -0.4 is 10.6 Å². The van der Waals surface area contributed by atoms with Crippen LogP contribution in [0, 0.1) is 11.7 Å². The predicted octanol–water partition coefficient (Wildman–Crippen LogP) is 2.99. The number of hydrogen-bond donors (Lipinski definition) is 2. The zero-order valence-corrected chi connectivity index (χ0v) is 17.2. The maximum Gasteiger partial charge on any atom is 0.253 e. The van der Waals surface area contributed by atoms with Gasteiger partial charge in [-0.15, -0.1) is 0 Å². The van der Waals surface area contributed by atoms with Gasteiger partial charge < -0.3 is 15.5 Å². The molecule has 2 aromatic rings. The van der Waals surface area contributed by atoms with Crippen LogP contribution in [0.15, 0.2) is 48.5 Å². The second-order valence-corrected chi connectivity index (χ2v) is 7.78. The molecule has 0 radical (unpaired) electrons. The van der Waals surface area contributed by atoms with Crippen molar-refractivity contribution in [2.45, 2.75) is 32.7 Å². The van der Waals surface area contributed by atoms with E-state index in [1.807, 2.05) is 13.8 Å². The summed E-state index contributed by atoms with van der Waals surface area (Å²) in [6, 6.07) is 13.0. The van der Waals surface area contributed by atoms with Crippen molar-refractivity contribution in [3.8, 4) is 0 Å². The molecule has 0 aromatic heterocycles. The highest BCUT2D eigenvalue weighted by Gasteiger charge is 2.34. The van der Waals surface area contributed by atoms with E-state index in [0.717, 1.165) is 5.56 Å². The van der Waals surface area contributed by atoms with Crippen molar-refractivity contribution >= 4 is 23.4 Å². The van der Waals surface area contributed by atoms with Gasteiger partial charge in [-0.05, 0) is 50.1 Å². The molecule has 7 heteroatoms. The van der Waals surface area contributed by atoms with Gasteiger partial charge in [0.15, 0.2) is 0 Å². The molecular formula is C23H26FN3O3. The zero-order valence-electron chi connectivity index (χ0n) is 17.2. The van der Waals surface area contributed by atoms with E-state index < -0.39 is 5.92 Å². The number of nitrogens with zero attached hydrogens (tertiary/aromatic N) is 1. The molecule has 3 rings (SSSR count). The molecule has 1 unspecified atom stereocenters. The third-order valence-electron chi connectivity index (χ3n) is 5.02. The van der Waals surface area contributed by atoms with Crippen LogP contribution in [-0.2, 0) is 16.0 Å². The van der Waals surface area contributed by atoms with Gasteiger partial charge in [0.1, 0.15) is 5.82 Å². The summed E-state index contributed by atoms with van der Waals surface area (Å²) in [6.45, 7) is 4.53. The molecule has 2 N–H and O–H groups in total. The number of hydrogen-bond acceptors (Lipinski definition) is 3. The van der Waals surface area contributed by atoms with E-state index >= 15 is 0 Å². The van der Waals surface area contributed by atoms with E-state index in [-0.39, 0.29) is 36.0 Å². The molecule has 6 nitrogen and oxygen atoms in total. The van der Waals surface area contributed by atoms with Crippen molar-refractivity contribution in [2.75, 3.05) is 18.4 Å². The molecule has 30 heavy (non-hydrogen) atoms. The first-order valence-corrected chi connectivity index (χ1v) is 10.1. The van der Waals surface area contributed by atoms with Crippen LogP contribution in [-0.4, -0.2) is 41.8 Å². The Balaban J connectivity index is 1.60. The lowest BCUT2D eigenvalue weighted by atomic mass is 10.1. The third-order valence-corrected chi connectivity index (χ3v) is 5.02. The fraction of sp³-hybridized carbons (Fsp3) is 0.348. The predicted molar refractivity (Wildman–Crippen MR) is 112 cm³/mol. The zero-order chi connectivity index (χ0) is 21.7. The number of para-hydroxylation sites is 1. The standard InChI is InChI=1S/C23H26FN3O3/c1-15(2)25-23(30)19-5-3-4-6-20(19)26-22(29)17-13-21(28)27(14-17)12-11-16-7-9-18(24)10-8-16/h3-10,15,17H,11-14H2,1-2H3,(H,25,30)(H,26,29). The molecule has 3 amide bonds. The minimum atomic E-state index is -0.480. The highest BCUT2D eigenvalue weighted by Crippen LogP contribution is 2.22. The van der Waals surface area contributed by atoms with E-state index in [1.165, 1.54) is 12.1 Å². The van der Waals surface area contributed by atoms with Gasteiger partial charge in [0.25, 0.3) is 5.91 Å². The van der Waals surface area contributed by atoms with Crippen molar-refractivity contribution in [1.82, 2.24) is 10.2 Å². The first-order chi connectivity index (χ1) is 14.3. The average molecular weight is 411 g/mol. The molecule has 158 valence electrons. The Labute approximate surface area is 175 Å². The van der Waals surface area contributed by atoms with Crippen LogP contribution >= 0.6 is 0 Å². The number of nitrogens with one attached hydrogen (secondary N) is 2. The van der Waals surface area contributed by atoms with Crippen LogP contribution in [0.1, 0.15) is 36.2 Å². The maximum atomic E-state index is 13.0. The van der Waals surface area contributed by atoms with Crippen LogP contribution in [0.3, 0.4) is 0 Å². The molecule has 0 spiro atoms. The second kappa shape index (κ2) is 9.52. The minimum Gasteiger partial charge on any atom is -0.350 e. The average Bonchev–Trinajstić information content (AvgIpc) is 3.08. The summed E-state index contributed by atoms with van der Waals surface area (Å²) in [6.07, 6.45) is 0.730. The number of halogens is 1. The molecule has 1 fully saturated rings. The van der Waals surface area contributed by atoms with Gasteiger partial charge in [-0.2, -0.15) is 0 Å². The topological polar surface area (TPSA) is 78.5 Å². The smallest absolute Gasteiger partial charge is 0.253 e. The molecule has 0 saturated carbocycles. The Bertz CT molecular complexity index is 928. The van der Waals surface area contributed by atoms with Crippen molar-refractivity contribution in [1.29, 1.82) is 0 Å². The number of likely N-dealkylation sites (tertiary alicyclic amines) is 1. The normalized spacial score (nSPS) is 16.1. The fourth-order valence-corrected chi connectivity index (χ4v) is 3.44. The Morgan fingerprint density at radius 3 is 2.53 bits per heavy atom. The number of amides is 3. The van der Waals surface area contributed by atoms with Crippen LogP contribution in [0.4, 0.5) is 10.1 Å². The van der Waals surface area contributed by atoms with E-state index in [2.05, 4.69) is 10.6 Å². The highest BCUT2D eigenvalue weighted by atomic mass is 19.1. The van der Waals surface area contributed by atoms with Crippen molar-refractivity contribution in [3.63, 3.8) is 0 Å². The van der Waals surface area contributed by atoms with E-state index in [1.54, 1.807) is 41.3 Å². The lowest BCUT2D eigenvalue weighted by Gasteiger charge is -2.17. The molecule has 1 aliphatic heterocycles. The molecule has 1 heterocycles. The largest absolute Gasteiger partial charge is 0.350 e. The summed E-state index contributed by atoms with van der Waals surface area (Å²) in [5, 5.41) is 5.62. The van der Waals surface area contributed by atoms with Gasteiger partial charge in [-0.3, -0.25) is 14.4 Å². The summed E-state index contributed by atoms with van der Waals surface area (Å²) >= 11 is 0. The summed E-state index contributed by atoms with van der Waals surface area (Å²) in [5.74, 6) is -1.40. The van der Waals surface area contributed by atoms with Crippen LogP contribution in [0.2, 0.25) is 0 Å². The lowest BCUT2D eigenvalue weighted by Crippen LogP contribution is -2.32. The Hall–Kier alpha value is -3.22. The first-order valence-electron chi connectivity index (χ1n) is 10.1. The number of carbonyl (C=O) groups is 3. The van der Waals surface area contributed by atoms with Crippen LogP contribution in [0.25, 0.3) is 0 Å². The van der Waals surface area contributed by atoms with E-state index in [0.29, 0.717) is 30.8 Å². The van der Waals surface area contributed by atoms with Crippen molar-refractivity contribution < 1.29 is 18.8 Å². The lowest BCUT2D eigenvalue weighted by molar-refractivity contribution is -0.128. The Kier molecular flexibility index (Phi) is 6.82. The minimum absolute atomic E-state index is 0.0247. The monoisotopic (exact) mass is 411 g/mol. The SMILES string of the molecule is CC(C)NC(=O)c1ccccc1NC(=O)C1CC(=O)N(CCc2ccc(F)cc2)C1. The quantitative estimate of drug-likeness (QED) is 0.735. The fourth-order valence-electron chi connectivity index (χ4n) is 3.44. The summed E-state index contributed by atoms with van der Waals surface area (Å²) < 4.78 is 13.0. The van der Waals surface area contributed by atoms with Gasteiger partial charge in [0, 0.05) is 25.6 Å². The number of anilines is 1. The highest BCUT2D eigenvalue weighted by molar-refractivity contribution is 6.05. The van der Waals surface area contributed by atoms with Crippen LogP contribution in [0.5, 0.6) is 0 Å². The summed E-state index contributed by atoms with van der Waals surface area (Å²) in [5.41, 5.74) is 1.75. The Morgan fingerprint density at radius 2 is 1.83 bits per heavy atom. The van der Waals surface area contributed by atoms with E-state index in [9.17, 15) is 18.8 Å². The molecule has 1 atom stereocenters.